The highest BCUT2D eigenvalue weighted by Crippen LogP contribution is 2.40. The number of hydrogen-bond acceptors (Lipinski definition) is 6. The van der Waals surface area contributed by atoms with Gasteiger partial charge in [0, 0.05) is 17.7 Å². The molecule has 0 aliphatic heterocycles. The number of anilines is 1. The van der Waals surface area contributed by atoms with Gasteiger partial charge in [-0.2, -0.15) is 0 Å². The molecule has 4 aromatic rings. The number of rotatable bonds is 6. The SMILES string of the molecule is Cc1ccccc1S(=O)(=O)Nc1cccc(-c2nc(C(C)C)sc2-c2ccnc(Cl)n2)c1F. The minimum atomic E-state index is -3.99. The second kappa shape index (κ2) is 9.17. The van der Waals surface area contributed by atoms with Crippen molar-refractivity contribution in [1.29, 1.82) is 0 Å². The molecule has 0 aliphatic carbocycles. The van der Waals surface area contributed by atoms with E-state index >= 15 is 4.39 Å². The third-order valence-electron chi connectivity index (χ3n) is 4.88. The van der Waals surface area contributed by atoms with Crippen LogP contribution in [-0.2, 0) is 10.0 Å². The van der Waals surface area contributed by atoms with Gasteiger partial charge in [0.05, 0.1) is 31.9 Å². The predicted molar refractivity (Wildman–Crippen MR) is 130 cm³/mol. The molecule has 0 saturated carbocycles. The lowest BCUT2D eigenvalue weighted by molar-refractivity contribution is 0.598. The van der Waals surface area contributed by atoms with Crippen LogP contribution in [0.25, 0.3) is 21.8 Å². The Bertz CT molecular complexity index is 1440. The third kappa shape index (κ3) is 4.75. The molecular formula is C23H20ClFN4O2S2. The molecule has 2 heterocycles. The molecule has 1 N–H and O–H groups in total. The van der Waals surface area contributed by atoms with Gasteiger partial charge in [0.1, 0.15) is 0 Å². The van der Waals surface area contributed by atoms with Crippen LogP contribution < -0.4 is 4.72 Å². The number of sulfonamides is 1. The van der Waals surface area contributed by atoms with E-state index in [1.165, 1.54) is 29.7 Å². The maximum Gasteiger partial charge on any atom is 0.262 e. The van der Waals surface area contributed by atoms with Gasteiger partial charge in [-0.25, -0.2) is 27.8 Å². The van der Waals surface area contributed by atoms with Crippen LogP contribution in [0.2, 0.25) is 5.28 Å². The van der Waals surface area contributed by atoms with Crippen molar-refractivity contribution in [3.8, 4) is 21.8 Å². The quantitative estimate of drug-likeness (QED) is 0.313. The van der Waals surface area contributed by atoms with E-state index in [1.54, 1.807) is 43.3 Å². The van der Waals surface area contributed by atoms with Gasteiger partial charge in [-0.15, -0.1) is 11.3 Å². The average Bonchev–Trinajstić information content (AvgIpc) is 3.21. The molecular weight excluding hydrogens is 483 g/mol. The molecule has 0 radical (unpaired) electrons. The van der Waals surface area contributed by atoms with Crippen LogP contribution in [0, 0.1) is 12.7 Å². The van der Waals surface area contributed by atoms with Crippen LogP contribution in [0.15, 0.2) is 59.6 Å². The van der Waals surface area contributed by atoms with E-state index in [9.17, 15) is 8.42 Å². The molecule has 10 heteroatoms. The Morgan fingerprint density at radius 3 is 2.52 bits per heavy atom. The molecule has 6 nitrogen and oxygen atoms in total. The van der Waals surface area contributed by atoms with Crippen LogP contribution in [0.4, 0.5) is 10.1 Å². The van der Waals surface area contributed by atoms with Gasteiger partial charge in [-0.3, -0.25) is 4.72 Å². The molecule has 0 unspecified atom stereocenters. The molecule has 0 aliphatic rings. The van der Waals surface area contributed by atoms with E-state index in [0.29, 0.717) is 21.8 Å². The van der Waals surface area contributed by atoms with Crippen molar-refractivity contribution >= 4 is 38.6 Å². The van der Waals surface area contributed by atoms with E-state index in [4.69, 9.17) is 11.6 Å². The highest BCUT2D eigenvalue weighted by Gasteiger charge is 2.24. The first-order chi connectivity index (χ1) is 15.7. The second-order valence-corrected chi connectivity index (χ2v) is 10.7. The minimum Gasteiger partial charge on any atom is -0.277 e. The zero-order valence-corrected chi connectivity index (χ0v) is 20.4. The van der Waals surface area contributed by atoms with Gasteiger partial charge >= 0.3 is 0 Å². The van der Waals surface area contributed by atoms with E-state index in [1.807, 2.05) is 13.8 Å². The summed E-state index contributed by atoms with van der Waals surface area (Å²) >= 11 is 7.36. The van der Waals surface area contributed by atoms with Crippen molar-refractivity contribution in [2.75, 3.05) is 4.72 Å². The third-order valence-corrected chi connectivity index (χ3v) is 7.96. The highest BCUT2D eigenvalue weighted by molar-refractivity contribution is 7.92. The average molecular weight is 503 g/mol. The summed E-state index contributed by atoms with van der Waals surface area (Å²) < 4.78 is 43.9. The number of halogens is 2. The molecule has 0 atom stereocenters. The Labute approximate surface area is 200 Å². The standard InChI is InChI=1S/C23H20ClFN4O2S2/c1-13(2)22-28-20(21(32-22)17-11-12-26-23(24)27-17)15-8-6-9-16(19(15)25)29-33(30,31)18-10-5-4-7-14(18)3/h4-13,29H,1-3H3. The summed E-state index contributed by atoms with van der Waals surface area (Å²) in [5.41, 5.74) is 1.44. The lowest BCUT2D eigenvalue weighted by Crippen LogP contribution is -2.15. The van der Waals surface area contributed by atoms with Crippen molar-refractivity contribution in [3.05, 3.63) is 76.4 Å². The fraction of sp³-hybridized carbons (Fsp3) is 0.174. The maximum absolute atomic E-state index is 15.7. The topological polar surface area (TPSA) is 84.8 Å². The van der Waals surface area contributed by atoms with Crippen LogP contribution in [0.3, 0.4) is 0 Å². The molecule has 0 spiro atoms. The smallest absolute Gasteiger partial charge is 0.262 e. The summed E-state index contributed by atoms with van der Waals surface area (Å²) in [5.74, 6) is -0.623. The first-order valence-corrected chi connectivity index (χ1v) is 12.7. The molecule has 170 valence electrons. The Balaban J connectivity index is 1.82. The van der Waals surface area contributed by atoms with Crippen molar-refractivity contribution in [2.45, 2.75) is 31.6 Å². The minimum absolute atomic E-state index is 0.0677. The zero-order chi connectivity index (χ0) is 23.8. The molecule has 0 fully saturated rings. The molecule has 2 aromatic heterocycles. The van der Waals surface area contributed by atoms with Crippen molar-refractivity contribution in [2.24, 2.45) is 0 Å². The molecule has 0 saturated heterocycles. The summed E-state index contributed by atoms with van der Waals surface area (Å²) in [5, 5.41) is 0.859. The van der Waals surface area contributed by atoms with Crippen LogP contribution in [0.5, 0.6) is 0 Å². The Hall–Kier alpha value is -2.88. The number of nitrogens with one attached hydrogen (secondary N) is 1. The van der Waals surface area contributed by atoms with Crippen LogP contribution >= 0.6 is 22.9 Å². The molecule has 0 bridgehead atoms. The van der Waals surface area contributed by atoms with Crippen molar-refractivity contribution in [3.63, 3.8) is 0 Å². The second-order valence-electron chi connectivity index (χ2n) is 7.63. The molecule has 2 aromatic carbocycles. The van der Waals surface area contributed by atoms with Crippen molar-refractivity contribution < 1.29 is 12.8 Å². The van der Waals surface area contributed by atoms with E-state index in [0.717, 1.165) is 5.01 Å². The van der Waals surface area contributed by atoms with Gasteiger partial charge in [0.25, 0.3) is 10.0 Å². The fourth-order valence-electron chi connectivity index (χ4n) is 3.25. The van der Waals surface area contributed by atoms with Gasteiger partial charge < -0.3 is 0 Å². The summed E-state index contributed by atoms with van der Waals surface area (Å²) in [6.45, 7) is 5.66. The van der Waals surface area contributed by atoms with Crippen LogP contribution in [0.1, 0.15) is 30.3 Å². The Morgan fingerprint density at radius 1 is 1.06 bits per heavy atom. The monoisotopic (exact) mass is 502 g/mol. The summed E-state index contributed by atoms with van der Waals surface area (Å²) in [6.07, 6.45) is 1.52. The Kier molecular flexibility index (Phi) is 6.47. The number of hydrogen-bond donors (Lipinski definition) is 1. The lowest BCUT2D eigenvalue weighted by atomic mass is 10.1. The molecule has 0 amide bonds. The lowest BCUT2D eigenvalue weighted by Gasteiger charge is -2.13. The number of aromatic nitrogens is 3. The maximum atomic E-state index is 15.7. The van der Waals surface area contributed by atoms with Gasteiger partial charge in [0.15, 0.2) is 5.82 Å². The highest BCUT2D eigenvalue weighted by atomic mass is 35.5. The van der Waals surface area contributed by atoms with E-state index in [-0.39, 0.29) is 27.3 Å². The zero-order valence-electron chi connectivity index (χ0n) is 18.0. The number of aryl methyl sites for hydroxylation is 1. The van der Waals surface area contributed by atoms with Gasteiger partial charge in [-0.05, 0) is 48.4 Å². The first-order valence-electron chi connectivity index (χ1n) is 10.0. The fourth-order valence-corrected chi connectivity index (χ4v) is 5.76. The van der Waals surface area contributed by atoms with Gasteiger partial charge in [-0.1, -0.05) is 38.1 Å². The van der Waals surface area contributed by atoms with Gasteiger partial charge in [0.2, 0.25) is 5.28 Å². The largest absolute Gasteiger partial charge is 0.277 e. The van der Waals surface area contributed by atoms with E-state index < -0.39 is 15.8 Å². The number of thiazole rings is 1. The summed E-state index contributed by atoms with van der Waals surface area (Å²) in [7, 11) is -3.99. The summed E-state index contributed by atoms with van der Waals surface area (Å²) in [4.78, 5) is 13.5. The number of benzene rings is 2. The summed E-state index contributed by atoms with van der Waals surface area (Å²) in [6, 6.07) is 12.7. The Morgan fingerprint density at radius 2 is 1.82 bits per heavy atom. The van der Waals surface area contributed by atoms with Crippen LogP contribution in [-0.4, -0.2) is 23.4 Å². The molecule has 4 rings (SSSR count). The predicted octanol–water partition coefficient (Wildman–Crippen LogP) is 6.29. The molecule has 33 heavy (non-hydrogen) atoms. The first kappa shape index (κ1) is 23.3. The van der Waals surface area contributed by atoms with E-state index in [2.05, 4.69) is 19.7 Å². The normalized spacial score (nSPS) is 11.7. The van der Waals surface area contributed by atoms with Crippen molar-refractivity contribution in [1.82, 2.24) is 15.0 Å². The number of nitrogens with zero attached hydrogens (tertiary/aromatic N) is 3.